The van der Waals surface area contributed by atoms with Crippen molar-refractivity contribution >= 4 is 11.8 Å². The Morgan fingerprint density at radius 1 is 1.38 bits per heavy atom. The van der Waals surface area contributed by atoms with Crippen LogP contribution in [-0.2, 0) is 0 Å². The summed E-state index contributed by atoms with van der Waals surface area (Å²) < 4.78 is 0. The molecule has 13 heavy (non-hydrogen) atoms. The fourth-order valence-electron chi connectivity index (χ4n) is 1.23. The van der Waals surface area contributed by atoms with Gasteiger partial charge in [-0.1, -0.05) is 20.3 Å². The van der Waals surface area contributed by atoms with E-state index in [0.29, 0.717) is 12.5 Å². The van der Waals surface area contributed by atoms with Gasteiger partial charge >= 0.3 is 0 Å². The predicted molar refractivity (Wildman–Crippen MR) is 61.4 cm³/mol. The third-order valence-electron chi connectivity index (χ3n) is 2.18. The maximum absolute atomic E-state index is 8.78. The Bertz CT molecular complexity index is 101. The summed E-state index contributed by atoms with van der Waals surface area (Å²) in [7, 11) is 0. The molecular formula is C10H23NOS. The highest BCUT2D eigenvalue weighted by molar-refractivity contribution is 7.99. The highest BCUT2D eigenvalue weighted by Gasteiger charge is 2.03. The fraction of sp³-hybridized carbons (Fsp3) is 1.00. The second-order valence-corrected chi connectivity index (χ2v) is 4.58. The third kappa shape index (κ3) is 8.60. The van der Waals surface area contributed by atoms with Crippen molar-refractivity contribution in [2.45, 2.75) is 26.7 Å². The Hall–Kier alpha value is 0.270. The van der Waals surface area contributed by atoms with Crippen LogP contribution in [0, 0.1) is 5.92 Å². The lowest BCUT2D eigenvalue weighted by atomic mass is 10.0. The molecule has 2 nitrogen and oxygen atoms in total. The molecule has 1 unspecified atom stereocenters. The summed E-state index contributed by atoms with van der Waals surface area (Å²) in [5.74, 6) is 3.05. The molecule has 3 heteroatoms. The largest absolute Gasteiger partial charge is 0.396 e. The molecule has 0 radical (unpaired) electrons. The number of hydrogen-bond donors (Lipinski definition) is 2. The van der Waals surface area contributed by atoms with Crippen LogP contribution < -0.4 is 5.32 Å². The summed E-state index contributed by atoms with van der Waals surface area (Å²) in [6.07, 6.45) is 2.10. The molecule has 2 N–H and O–H groups in total. The molecule has 0 spiro atoms. The lowest BCUT2D eigenvalue weighted by molar-refractivity contribution is 0.252. The zero-order valence-electron chi connectivity index (χ0n) is 8.88. The molecule has 0 bridgehead atoms. The molecule has 0 aliphatic rings. The number of aliphatic hydroxyl groups is 1. The molecular weight excluding hydrogens is 182 g/mol. The van der Waals surface area contributed by atoms with Crippen LogP contribution >= 0.6 is 11.8 Å². The summed E-state index contributed by atoms with van der Waals surface area (Å²) >= 11 is 1.97. The van der Waals surface area contributed by atoms with Gasteiger partial charge in [0.2, 0.25) is 0 Å². The van der Waals surface area contributed by atoms with Crippen molar-refractivity contribution in [3.05, 3.63) is 0 Å². The smallest absolute Gasteiger partial charge is 0.0434 e. The quantitative estimate of drug-likeness (QED) is 0.562. The molecule has 0 aliphatic carbocycles. The first-order valence-electron chi connectivity index (χ1n) is 5.24. The minimum absolute atomic E-state index is 0.323. The lowest BCUT2D eigenvalue weighted by Crippen LogP contribution is -2.25. The van der Waals surface area contributed by atoms with Crippen molar-refractivity contribution < 1.29 is 5.11 Å². The summed E-state index contributed by atoms with van der Waals surface area (Å²) in [6, 6.07) is 0. The summed E-state index contributed by atoms with van der Waals surface area (Å²) in [6.45, 7) is 6.85. The van der Waals surface area contributed by atoms with Gasteiger partial charge < -0.3 is 10.4 Å². The van der Waals surface area contributed by atoms with E-state index in [1.165, 1.54) is 11.5 Å². The van der Waals surface area contributed by atoms with Crippen molar-refractivity contribution in [3.63, 3.8) is 0 Å². The lowest BCUT2D eigenvalue weighted by Gasteiger charge is -2.13. The molecule has 0 saturated heterocycles. The molecule has 1 atom stereocenters. The maximum atomic E-state index is 8.78. The van der Waals surface area contributed by atoms with Gasteiger partial charge in [-0.05, 0) is 24.6 Å². The molecule has 0 rings (SSSR count). The Labute approximate surface area is 86.5 Å². The van der Waals surface area contributed by atoms with Gasteiger partial charge in [0.25, 0.3) is 0 Å². The maximum Gasteiger partial charge on any atom is 0.0434 e. The number of aliphatic hydroxyl groups excluding tert-OH is 1. The minimum atomic E-state index is 0.323. The molecule has 0 aromatic carbocycles. The van der Waals surface area contributed by atoms with Crippen LogP contribution in [0.25, 0.3) is 0 Å². The van der Waals surface area contributed by atoms with E-state index in [4.69, 9.17) is 5.11 Å². The van der Waals surface area contributed by atoms with Crippen LogP contribution in [0.1, 0.15) is 26.7 Å². The van der Waals surface area contributed by atoms with Crippen molar-refractivity contribution in [1.29, 1.82) is 0 Å². The third-order valence-corrected chi connectivity index (χ3v) is 3.08. The molecule has 0 fully saturated rings. The SMILES string of the molecule is CCSCCNCC(CC)CCO. The molecule has 0 heterocycles. The average molecular weight is 205 g/mol. The standard InChI is InChI=1S/C10H23NOS/c1-3-10(5-7-12)9-11-6-8-13-4-2/h10-12H,3-9H2,1-2H3. The number of nitrogens with one attached hydrogen (secondary N) is 1. The van der Waals surface area contributed by atoms with Crippen molar-refractivity contribution in [2.24, 2.45) is 5.92 Å². The van der Waals surface area contributed by atoms with E-state index < -0.39 is 0 Å². The average Bonchev–Trinajstić information content (AvgIpc) is 2.16. The molecule has 0 aromatic rings. The summed E-state index contributed by atoms with van der Waals surface area (Å²) in [4.78, 5) is 0. The van der Waals surface area contributed by atoms with Crippen LogP contribution in [0.5, 0.6) is 0 Å². The second kappa shape index (κ2) is 10.4. The van der Waals surface area contributed by atoms with Gasteiger partial charge in [0.15, 0.2) is 0 Å². The van der Waals surface area contributed by atoms with Crippen LogP contribution in [0.2, 0.25) is 0 Å². The van der Waals surface area contributed by atoms with E-state index in [9.17, 15) is 0 Å². The Morgan fingerprint density at radius 3 is 2.69 bits per heavy atom. The van der Waals surface area contributed by atoms with E-state index in [2.05, 4.69) is 19.2 Å². The van der Waals surface area contributed by atoms with Gasteiger partial charge in [-0.25, -0.2) is 0 Å². The molecule has 0 aromatic heterocycles. The Morgan fingerprint density at radius 2 is 2.15 bits per heavy atom. The Kier molecular flexibility index (Phi) is 10.6. The Balaban J connectivity index is 3.17. The zero-order valence-corrected chi connectivity index (χ0v) is 9.70. The van der Waals surface area contributed by atoms with Crippen LogP contribution in [0.4, 0.5) is 0 Å². The van der Waals surface area contributed by atoms with Crippen LogP contribution in [0.3, 0.4) is 0 Å². The van der Waals surface area contributed by atoms with Crippen molar-refractivity contribution in [1.82, 2.24) is 5.32 Å². The van der Waals surface area contributed by atoms with Gasteiger partial charge in [-0.15, -0.1) is 0 Å². The first kappa shape index (κ1) is 13.3. The van der Waals surface area contributed by atoms with Gasteiger partial charge in [-0.3, -0.25) is 0 Å². The monoisotopic (exact) mass is 205 g/mol. The van der Waals surface area contributed by atoms with E-state index in [-0.39, 0.29) is 0 Å². The fourth-order valence-corrected chi connectivity index (χ4v) is 1.81. The van der Waals surface area contributed by atoms with Gasteiger partial charge in [0.1, 0.15) is 0 Å². The molecule has 0 saturated carbocycles. The van der Waals surface area contributed by atoms with Gasteiger partial charge in [0.05, 0.1) is 0 Å². The van der Waals surface area contributed by atoms with Gasteiger partial charge in [-0.2, -0.15) is 11.8 Å². The first-order valence-corrected chi connectivity index (χ1v) is 6.39. The number of thioether (sulfide) groups is 1. The predicted octanol–water partition coefficient (Wildman–Crippen LogP) is 1.74. The topological polar surface area (TPSA) is 32.3 Å². The van der Waals surface area contributed by atoms with Crippen molar-refractivity contribution in [2.75, 3.05) is 31.2 Å². The number of hydrogen-bond acceptors (Lipinski definition) is 3. The summed E-state index contributed by atoms with van der Waals surface area (Å²) in [5.41, 5.74) is 0. The van der Waals surface area contributed by atoms with Crippen molar-refractivity contribution in [3.8, 4) is 0 Å². The first-order chi connectivity index (χ1) is 6.35. The molecule has 0 aliphatic heterocycles. The molecule has 0 amide bonds. The highest BCUT2D eigenvalue weighted by atomic mass is 32.2. The summed E-state index contributed by atoms with van der Waals surface area (Å²) in [5, 5.41) is 12.2. The van der Waals surface area contributed by atoms with E-state index in [0.717, 1.165) is 25.9 Å². The van der Waals surface area contributed by atoms with Crippen LogP contribution in [0.15, 0.2) is 0 Å². The van der Waals surface area contributed by atoms with Crippen LogP contribution in [-0.4, -0.2) is 36.3 Å². The number of rotatable bonds is 9. The molecule has 80 valence electrons. The minimum Gasteiger partial charge on any atom is -0.396 e. The van der Waals surface area contributed by atoms with Gasteiger partial charge in [0, 0.05) is 18.9 Å². The van der Waals surface area contributed by atoms with E-state index >= 15 is 0 Å². The normalized spacial score (nSPS) is 13.2. The zero-order chi connectivity index (χ0) is 9.94. The highest BCUT2D eigenvalue weighted by Crippen LogP contribution is 2.05. The second-order valence-electron chi connectivity index (χ2n) is 3.19. The van der Waals surface area contributed by atoms with E-state index in [1.54, 1.807) is 0 Å². The van der Waals surface area contributed by atoms with E-state index in [1.807, 2.05) is 11.8 Å².